The van der Waals surface area contributed by atoms with Crippen molar-refractivity contribution in [1.82, 2.24) is 0 Å². The molecule has 0 aliphatic heterocycles. The number of ether oxygens (including phenoxy) is 2. The molecule has 18 heavy (non-hydrogen) atoms. The van der Waals surface area contributed by atoms with Gasteiger partial charge in [-0.1, -0.05) is 6.58 Å². The Bertz CT molecular complexity index is 263. The van der Waals surface area contributed by atoms with Gasteiger partial charge in [-0.25, -0.2) is 0 Å². The molecule has 1 fully saturated rings. The van der Waals surface area contributed by atoms with Crippen LogP contribution in [0.3, 0.4) is 0 Å². The van der Waals surface area contributed by atoms with Gasteiger partial charge in [-0.15, -0.1) is 0 Å². The van der Waals surface area contributed by atoms with Crippen LogP contribution in [0.1, 0.15) is 38.5 Å². The highest BCUT2D eigenvalue weighted by molar-refractivity contribution is 5.17. The van der Waals surface area contributed by atoms with Crippen molar-refractivity contribution in [3.63, 3.8) is 0 Å². The Balaban J connectivity index is 2.63. The van der Waals surface area contributed by atoms with Crippen LogP contribution in [0.25, 0.3) is 0 Å². The molecule has 4 heteroatoms. The Morgan fingerprint density at radius 2 is 2.11 bits per heavy atom. The summed E-state index contributed by atoms with van der Waals surface area (Å²) in [6.45, 7) is 4.15. The topological polar surface area (TPSA) is 58.9 Å². The van der Waals surface area contributed by atoms with Crippen molar-refractivity contribution in [3.05, 3.63) is 12.2 Å². The minimum absolute atomic E-state index is 0.133. The maximum Gasteiger partial charge on any atom is 0.157 e. The zero-order chi connectivity index (χ0) is 13.6. The van der Waals surface area contributed by atoms with Gasteiger partial charge in [-0.05, 0) is 43.6 Å². The van der Waals surface area contributed by atoms with Gasteiger partial charge in [0.15, 0.2) is 6.29 Å². The molecule has 1 aliphatic rings. The quantitative estimate of drug-likeness (QED) is 0.515. The highest BCUT2D eigenvalue weighted by atomic mass is 16.7. The summed E-state index contributed by atoms with van der Waals surface area (Å²) in [5, 5.41) is 19.7. The number of aliphatic hydroxyl groups is 2. The smallest absolute Gasteiger partial charge is 0.157 e. The third kappa shape index (κ3) is 3.54. The first-order valence-electron chi connectivity index (χ1n) is 6.65. The molecular weight excluding hydrogens is 232 g/mol. The van der Waals surface area contributed by atoms with Crippen LogP contribution in [0.4, 0.5) is 0 Å². The molecule has 0 saturated heterocycles. The zero-order valence-electron chi connectivity index (χ0n) is 11.5. The van der Waals surface area contributed by atoms with E-state index in [1.807, 2.05) is 0 Å². The summed E-state index contributed by atoms with van der Waals surface area (Å²) in [5.41, 5.74) is 0.0230. The first-order valence-corrected chi connectivity index (χ1v) is 6.65. The summed E-state index contributed by atoms with van der Waals surface area (Å²) >= 11 is 0. The minimum atomic E-state index is -0.815. The number of hydrogen-bond donors (Lipinski definition) is 2. The Kier molecular flexibility index (Phi) is 6.29. The van der Waals surface area contributed by atoms with E-state index in [2.05, 4.69) is 6.58 Å². The average Bonchev–Trinajstić information content (AvgIpc) is 2.75. The van der Waals surface area contributed by atoms with Crippen LogP contribution < -0.4 is 0 Å². The van der Waals surface area contributed by atoms with E-state index >= 15 is 0 Å². The van der Waals surface area contributed by atoms with E-state index in [9.17, 15) is 5.11 Å². The SMILES string of the molecule is C=C(CCCO)[C@]1(O)CCCC1CC(OC)OC. The van der Waals surface area contributed by atoms with Crippen LogP contribution in [-0.2, 0) is 9.47 Å². The largest absolute Gasteiger partial charge is 0.396 e. The maximum atomic E-state index is 10.8. The van der Waals surface area contributed by atoms with Gasteiger partial charge in [0.05, 0.1) is 5.60 Å². The van der Waals surface area contributed by atoms with Crippen molar-refractivity contribution in [1.29, 1.82) is 0 Å². The Morgan fingerprint density at radius 1 is 1.44 bits per heavy atom. The van der Waals surface area contributed by atoms with E-state index in [4.69, 9.17) is 14.6 Å². The predicted molar refractivity (Wildman–Crippen MR) is 70.2 cm³/mol. The highest BCUT2D eigenvalue weighted by Gasteiger charge is 2.43. The summed E-state index contributed by atoms with van der Waals surface area (Å²) < 4.78 is 10.4. The fraction of sp³-hybridized carbons (Fsp3) is 0.857. The lowest BCUT2D eigenvalue weighted by atomic mass is 9.80. The average molecular weight is 258 g/mol. The molecule has 1 rings (SSSR count). The third-order valence-corrected chi connectivity index (χ3v) is 4.04. The monoisotopic (exact) mass is 258 g/mol. The molecule has 2 atom stereocenters. The Hall–Kier alpha value is -0.420. The Labute approximate surface area is 110 Å². The lowest BCUT2D eigenvalue weighted by molar-refractivity contribution is -0.126. The number of aliphatic hydroxyl groups excluding tert-OH is 1. The summed E-state index contributed by atoms with van der Waals surface area (Å²) in [5.74, 6) is 0.133. The lowest BCUT2D eigenvalue weighted by Crippen LogP contribution is -2.37. The second-order valence-corrected chi connectivity index (χ2v) is 5.08. The van der Waals surface area contributed by atoms with E-state index in [0.717, 1.165) is 24.8 Å². The van der Waals surface area contributed by atoms with Crippen molar-refractivity contribution in [2.24, 2.45) is 5.92 Å². The predicted octanol–water partition coefficient (Wildman–Crippen LogP) is 1.86. The summed E-state index contributed by atoms with van der Waals surface area (Å²) in [6, 6.07) is 0. The zero-order valence-corrected chi connectivity index (χ0v) is 11.5. The molecular formula is C14H26O4. The van der Waals surface area contributed by atoms with Crippen molar-refractivity contribution in [3.8, 4) is 0 Å². The molecule has 0 aromatic rings. The molecule has 0 radical (unpaired) electrons. The number of rotatable bonds is 8. The van der Waals surface area contributed by atoms with E-state index in [1.165, 1.54) is 0 Å². The fourth-order valence-corrected chi connectivity index (χ4v) is 2.87. The molecule has 1 unspecified atom stereocenters. The van der Waals surface area contributed by atoms with Gasteiger partial charge in [0, 0.05) is 27.2 Å². The maximum absolute atomic E-state index is 10.8. The number of methoxy groups -OCH3 is 2. The molecule has 0 heterocycles. The Morgan fingerprint density at radius 3 is 2.67 bits per heavy atom. The normalized spacial score (nSPS) is 27.9. The molecule has 1 saturated carbocycles. The molecule has 1 aliphatic carbocycles. The fourth-order valence-electron chi connectivity index (χ4n) is 2.87. The lowest BCUT2D eigenvalue weighted by Gasteiger charge is -2.34. The third-order valence-electron chi connectivity index (χ3n) is 4.04. The molecule has 106 valence electrons. The van der Waals surface area contributed by atoms with Gasteiger partial charge >= 0.3 is 0 Å². The van der Waals surface area contributed by atoms with Crippen molar-refractivity contribution >= 4 is 0 Å². The van der Waals surface area contributed by atoms with Crippen molar-refractivity contribution in [2.75, 3.05) is 20.8 Å². The van der Waals surface area contributed by atoms with E-state index in [1.54, 1.807) is 14.2 Å². The van der Waals surface area contributed by atoms with Crippen LogP contribution in [0.5, 0.6) is 0 Å². The molecule has 2 N–H and O–H groups in total. The summed E-state index contributed by atoms with van der Waals surface area (Å²) in [4.78, 5) is 0. The summed E-state index contributed by atoms with van der Waals surface area (Å²) in [6.07, 6.45) is 4.46. The highest BCUT2D eigenvalue weighted by Crippen LogP contribution is 2.44. The molecule has 0 bridgehead atoms. The van der Waals surface area contributed by atoms with Crippen LogP contribution in [0.15, 0.2) is 12.2 Å². The van der Waals surface area contributed by atoms with E-state index in [0.29, 0.717) is 19.3 Å². The van der Waals surface area contributed by atoms with Crippen LogP contribution in [0.2, 0.25) is 0 Å². The van der Waals surface area contributed by atoms with Crippen LogP contribution in [-0.4, -0.2) is 42.9 Å². The molecule has 0 amide bonds. The van der Waals surface area contributed by atoms with Gasteiger partial charge < -0.3 is 19.7 Å². The van der Waals surface area contributed by atoms with Crippen molar-refractivity contribution in [2.45, 2.75) is 50.4 Å². The van der Waals surface area contributed by atoms with Gasteiger partial charge in [-0.2, -0.15) is 0 Å². The molecule has 4 nitrogen and oxygen atoms in total. The standard InChI is InChI=1S/C14H26O4/c1-11(6-5-9-15)14(16)8-4-7-12(14)10-13(17-2)18-3/h12-13,15-16H,1,4-10H2,2-3H3/t12?,14-/m1/s1. The first-order chi connectivity index (χ1) is 8.58. The molecule has 0 aromatic carbocycles. The van der Waals surface area contributed by atoms with Gasteiger partial charge in [0.25, 0.3) is 0 Å². The van der Waals surface area contributed by atoms with Gasteiger partial charge in [0.1, 0.15) is 0 Å². The van der Waals surface area contributed by atoms with Crippen LogP contribution >= 0.6 is 0 Å². The minimum Gasteiger partial charge on any atom is -0.396 e. The van der Waals surface area contributed by atoms with Gasteiger partial charge in [-0.3, -0.25) is 0 Å². The second-order valence-electron chi connectivity index (χ2n) is 5.08. The second kappa shape index (κ2) is 7.24. The van der Waals surface area contributed by atoms with Gasteiger partial charge in [0.2, 0.25) is 0 Å². The molecule has 0 spiro atoms. The summed E-state index contributed by atoms with van der Waals surface area (Å²) in [7, 11) is 3.23. The first kappa shape index (κ1) is 15.6. The van der Waals surface area contributed by atoms with E-state index in [-0.39, 0.29) is 18.8 Å². The number of hydrogen-bond acceptors (Lipinski definition) is 4. The molecule has 0 aromatic heterocycles. The van der Waals surface area contributed by atoms with Crippen LogP contribution in [0, 0.1) is 5.92 Å². The van der Waals surface area contributed by atoms with Crippen molar-refractivity contribution < 1.29 is 19.7 Å². The van der Waals surface area contributed by atoms with E-state index < -0.39 is 5.60 Å².